The van der Waals surface area contributed by atoms with Gasteiger partial charge in [0.1, 0.15) is 0 Å². The van der Waals surface area contributed by atoms with Gasteiger partial charge in [-0.05, 0) is 0 Å². The van der Waals surface area contributed by atoms with Crippen LogP contribution in [-0.4, -0.2) is 17.4 Å². The van der Waals surface area contributed by atoms with Crippen LogP contribution in [0.5, 0.6) is 0 Å². The third-order valence-electron chi connectivity index (χ3n) is 1.73. The topological polar surface area (TPSA) is 70.1 Å². The molecule has 0 bridgehead atoms. The van der Waals surface area contributed by atoms with Crippen molar-refractivity contribution in [1.29, 1.82) is 5.41 Å². The van der Waals surface area contributed by atoms with Gasteiger partial charge >= 0.3 is 0 Å². The van der Waals surface area contributed by atoms with E-state index < -0.39 is 0 Å². The van der Waals surface area contributed by atoms with Crippen LogP contribution in [0.2, 0.25) is 0 Å². The van der Waals surface area contributed by atoms with Crippen LogP contribution >= 0.6 is 11.6 Å². The Labute approximate surface area is 87.3 Å². The summed E-state index contributed by atoms with van der Waals surface area (Å²) in [6.07, 6.45) is 0. The Kier molecular flexibility index (Phi) is 3.68. The van der Waals surface area contributed by atoms with Gasteiger partial charge < -0.3 is 10.8 Å². The highest BCUT2D eigenvalue weighted by Crippen LogP contribution is 2.13. The van der Waals surface area contributed by atoms with Crippen molar-refractivity contribution in [3.8, 4) is 0 Å². The van der Waals surface area contributed by atoms with Crippen molar-refractivity contribution in [3.05, 3.63) is 46.6 Å². The lowest BCUT2D eigenvalue weighted by Gasteiger charge is -2.04. The van der Waals surface area contributed by atoms with Crippen LogP contribution in [0.25, 0.3) is 0 Å². The van der Waals surface area contributed by atoms with Crippen LogP contribution in [0.1, 0.15) is 5.56 Å². The molecule has 0 atom stereocenters. The Balaban J connectivity index is 2.98. The minimum atomic E-state index is -0.339. The van der Waals surface area contributed by atoms with Crippen molar-refractivity contribution in [2.24, 2.45) is 5.73 Å². The number of benzene rings is 1. The molecule has 0 aromatic heterocycles. The molecule has 4 N–H and O–H groups in total. The van der Waals surface area contributed by atoms with Crippen molar-refractivity contribution in [3.63, 3.8) is 0 Å². The summed E-state index contributed by atoms with van der Waals surface area (Å²) in [7, 11) is 0. The van der Waals surface area contributed by atoms with E-state index in [0.29, 0.717) is 5.56 Å². The van der Waals surface area contributed by atoms with Gasteiger partial charge in [0.15, 0.2) is 0 Å². The van der Waals surface area contributed by atoms with E-state index in [1.165, 1.54) is 0 Å². The predicted octanol–water partition coefficient (Wildman–Crippen LogP) is 1.46. The molecule has 0 fully saturated rings. The normalized spacial score (nSPS) is 12.1. The number of aliphatic hydroxyl groups excluding tert-OH is 1. The van der Waals surface area contributed by atoms with Crippen LogP contribution in [0, 0.1) is 5.41 Å². The first-order chi connectivity index (χ1) is 6.66. The smallest absolute Gasteiger partial charge is 0.0872 e. The number of hydrogen-bond donors (Lipinski definition) is 3. The van der Waals surface area contributed by atoms with Gasteiger partial charge in [-0.2, -0.15) is 0 Å². The van der Waals surface area contributed by atoms with Crippen molar-refractivity contribution in [1.82, 2.24) is 0 Å². The average molecular weight is 211 g/mol. The number of nitrogens with one attached hydrogen (secondary N) is 1. The largest absolute Gasteiger partial charge is 0.399 e. The fourth-order valence-corrected chi connectivity index (χ4v) is 1.13. The van der Waals surface area contributed by atoms with E-state index >= 15 is 0 Å². The summed E-state index contributed by atoms with van der Waals surface area (Å²) in [5, 5.41) is 16.5. The number of allylic oxidation sites excluding steroid dienone is 1. The Morgan fingerprint density at radius 2 is 1.93 bits per heavy atom. The molecule has 0 amide bonds. The lowest BCUT2D eigenvalue weighted by atomic mass is 10.1. The quantitative estimate of drug-likeness (QED) is 0.661. The van der Waals surface area contributed by atoms with Crippen molar-refractivity contribution >= 4 is 17.3 Å². The average Bonchev–Trinajstić information content (AvgIpc) is 2.27. The van der Waals surface area contributed by atoms with Gasteiger partial charge in [-0.1, -0.05) is 41.9 Å². The molecule has 14 heavy (non-hydrogen) atoms. The van der Waals surface area contributed by atoms with E-state index in [2.05, 4.69) is 0 Å². The zero-order valence-electron chi connectivity index (χ0n) is 7.50. The molecule has 1 aromatic rings. The van der Waals surface area contributed by atoms with Crippen LogP contribution in [0.4, 0.5) is 0 Å². The Morgan fingerprint density at radius 1 is 1.36 bits per heavy atom. The molecular formula is C10H11ClN2O. The Bertz CT molecular complexity index is 360. The molecule has 1 aromatic carbocycles. The zero-order valence-corrected chi connectivity index (χ0v) is 8.25. The van der Waals surface area contributed by atoms with Gasteiger partial charge in [0, 0.05) is 5.56 Å². The van der Waals surface area contributed by atoms with Crippen molar-refractivity contribution in [2.75, 3.05) is 6.61 Å². The van der Waals surface area contributed by atoms with Crippen molar-refractivity contribution in [2.45, 2.75) is 0 Å². The molecule has 0 saturated heterocycles. The van der Waals surface area contributed by atoms with Gasteiger partial charge in [-0.15, -0.1) is 0 Å². The van der Waals surface area contributed by atoms with Crippen LogP contribution in [0.15, 0.2) is 41.1 Å². The van der Waals surface area contributed by atoms with E-state index in [1.807, 2.05) is 18.2 Å². The van der Waals surface area contributed by atoms with Crippen LogP contribution in [-0.2, 0) is 0 Å². The van der Waals surface area contributed by atoms with E-state index in [9.17, 15) is 0 Å². The van der Waals surface area contributed by atoms with E-state index in [-0.39, 0.29) is 23.0 Å². The highest BCUT2D eigenvalue weighted by atomic mass is 35.5. The third kappa shape index (κ3) is 2.34. The minimum Gasteiger partial charge on any atom is -0.399 e. The van der Waals surface area contributed by atoms with Gasteiger partial charge in [0.25, 0.3) is 0 Å². The Morgan fingerprint density at radius 3 is 2.43 bits per heavy atom. The van der Waals surface area contributed by atoms with E-state index in [4.69, 9.17) is 27.9 Å². The second kappa shape index (κ2) is 4.79. The maximum absolute atomic E-state index is 8.74. The molecule has 0 aliphatic rings. The first-order valence-electron chi connectivity index (χ1n) is 4.06. The molecular weight excluding hydrogens is 200 g/mol. The first kappa shape index (κ1) is 10.8. The second-order valence-corrected chi connectivity index (χ2v) is 3.12. The summed E-state index contributed by atoms with van der Waals surface area (Å²) >= 11 is 5.79. The number of aliphatic hydroxyl groups is 1. The van der Waals surface area contributed by atoms with Gasteiger partial charge in [-0.25, -0.2) is 0 Å². The molecule has 4 heteroatoms. The molecule has 0 spiro atoms. The van der Waals surface area contributed by atoms with Crippen molar-refractivity contribution < 1.29 is 5.11 Å². The standard InChI is InChI=1S/C10H11ClN2O/c11-9(8(12)6-14)10(13)7-4-2-1-3-5-7/h1-5,13-14H,6,12H2. The molecule has 0 saturated carbocycles. The molecule has 1 rings (SSSR count). The lowest BCUT2D eigenvalue weighted by molar-refractivity contribution is 0.329. The van der Waals surface area contributed by atoms with Crippen LogP contribution in [0.3, 0.4) is 0 Å². The fraction of sp³-hybridized carbons (Fsp3) is 0.100. The minimum absolute atomic E-state index is 0.0960. The predicted molar refractivity (Wildman–Crippen MR) is 57.4 cm³/mol. The molecule has 0 heterocycles. The van der Waals surface area contributed by atoms with Crippen LogP contribution < -0.4 is 5.73 Å². The number of hydrogen-bond acceptors (Lipinski definition) is 3. The van der Waals surface area contributed by atoms with Gasteiger partial charge in [0.2, 0.25) is 0 Å². The summed E-state index contributed by atoms with van der Waals surface area (Å²) in [6.45, 7) is -0.339. The van der Waals surface area contributed by atoms with E-state index in [0.717, 1.165) is 0 Å². The molecule has 0 aliphatic heterocycles. The summed E-state index contributed by atoms with van der Waals surface area (Å²) in [6, 6.07) is 8.99. The third-order valence-corrected chi connectivity index (χ3v) is 2.17. The molecule has 0 aliphatic carbocycles. The maximum atomic E-state index is 8.74. The molecule has 74 valence electrons. The summed E-state index contributed by atoms with van der Waals surface area (Å²) < 4.78 is 0. The summed E-state index contributed by atoms with van der Waals surface area (Å²) in [5.41, 5.74) is 6.32. The summed E-state index contributed by atoms with van der Waals surface area (Å²) in [4.78, 5) is 0. The van der Waals surface area contributed by atoms with Gasteiger partial charge in [0.05, 0.1) is 23.0 Å². The molecule has 0 unspecified atom stereocenters. The highest BCUT2D eigenvalue weighted by Gasteiger charge is 2.08. The fourth-order valence-electron chi connectivity index (χ4n) is 0.962. The summed E-state index contributed by atoms with van der Waals surface area (Å²) in [5.74, 6) is 0. The first-order valence-corrected chi connectivity index (χ1v) is 4.44. The lowest BCUT2D eigenvalue weighted by Crippen LogP contribution is -2.10. The SMILES string of the molecule is N=C(C(Cl)=C(N)CO)c1ccccc1. The van der Waals surface area contributed by atoms with Gasteiger partial charge in [-0.3, -0.25) is 5.41 Å². The monoisotopic (exact) mass is 210 g/mol. The molecule has 0 radical (unpaired) electrons. The molecule has 3 nitrogen and oxygen atoms in total. The highest BCUT2D eigenvalue weighted by molar-refractivity contribution is 6.46. The zero-order chi connectivity index (χ0) is 10.6. The number of nitrogens with two attached hydrogens (primary N) is 1. The number of halogens is 1. The number of rotatable bonds is 3. The second-order valence-electron chi connectivity index (χ2n) is 2.74. The maximum Gasteiger partial charge on any atom is 0.0872 e. The Hall–Kier alpha value is -1.32. The van der Waals surface area contributed by atoms with E-state index in [1.54, 1.807) is 12.1 Å².